The lowest BCUT2D eigenvalue weighted by Gasteiger charge is -2.15. The van der Waals surface area contributed by atoms with Gasteiger partial charge in [0.25, 0.3) is 5.91 Å². The molecule has 8 heteroatoms. The Bertz CT molecular complexity index is 841. The van der Waals surface area contributed by atoms with Gasteiger partial charge in [-0.1, -0.05) is 12.1 Å². The summed E-state index contributed by atoms with van der Waals surface area (Å²) < 4.78 is 32.9. The van der Waals surface area contributed by atoms with Crippen LogP contribution < -0.4 is 19.9 Å². The van der Waals surface area contributed by atoms with E-state index in [1.807, 2.05) is 0 Å². The van der Waals surface area contributed by atoms with Crippen molar-refractivity contribution in [3.63, 3.8) is 0 Å². The summed E-state index contributed by atoms with van der Waals surface area (Å²) in [7, 11) is -0.730. The number of carbonyl (C=O) groups excluding carboxylic acids is 1. The molecule has 2 aromatic carbocycles. The van der Waals surface area contributed by atoms with E-state index in [4.69, 9.17) is 14.6 Å². The van der Waals surface area contributed by atoms with Crippen molar-refractivity contribution >= 4 is 15.9 Å². The second-order valence-corrected chi connectivity index (χ2v) is 6.97. The lowest BCUT2D eigenvalue weighted by atomic mass is 10.1. The van der Waals surface area contributed by atoms with Crippen LogP contribution in [0, 0.1) is 0 Å². The molecule has 0 saturated carbocycles. The monoisotopic (exact) mass is 364 g/mol. The zero-order valence-electron chi connectivity index (χ0n) is 14.1. The van der Waals surface area contributed by atoms with Crippen LogP contribution in [0.1, 0.15) is 28.9 Å². The predicted molar refractivity (Wildman–Crippen MR) is 93.2 cm³/mol. The van der Waals surface area contributed by atoms with Crippen LogP contribution in [0.3, 0.4) is 0 Å². The van der Waals surface area contributed by atoms with Gasteiger partial charge in [-0.2, -0.15) is 0 Å². The smallest absolute Gasteiger partial charge is 0.252 e. The minimum absolute atomic E-state index is 0.0207. The minimum atomic E-state index is -3.74. The summed E-state index contributed by atoms with van der Waals surface area (Å²) in [4.78, 5) is 12.5. The van der Waals surface area contributed by atoms with Gasteiger partial charge in [-0.15, -0.1) is 0 Å². The van der Waals surface area contributed by atoms with E-state index in [0.717, 1.165) is 5.56 Å². The van der Waals surface area contributed by atoms with Gasteiger partial charge in [0.2, 0.25) is 10.0 Å². The summed E-state index contributed by atoms with van der Waals surface area (Å²) in [5, 5.41) is 7.92. The van der Waals surface area contributed by atoms with Gasteiger partial charge in [-0.25, -0.2) is 13.6 Å². The fourth-order valence-corrected chi connectivity index (χ4v) is 2.76. The van der Waals surface area contributed by atoms with Gasteiger partial charge in [-0.05, 0) is 36.8 Å². The molecule has 7 nitrogen and oxygen atoms in total. The molecule has 134 valence electrons. The fourth-order valence-electron chi connectivity index (χ4n) is 2.25. The van der Waals surface area contributed by atoms with E-state index in [9.17, 15) is 13.2 Å². The molecule has 0 saturated heterocycles. The molecular weight excluding hydrogens is 344 g/mol. The Morgan fingerprint density at radius 3 is 2.00 bits per heavy atom. The molecule has 25 heavy (non-hydrogen) atoms. The number of benzene rings is 2. The van der Waals surface area contributed by atoms with Crippen LogP contribution in [0.5, 0.6) is 11.5 Å². The first-order chi connectivity index (χ1) is 11.7. The van der Waals surface area contributed by atoms with E-state index in [0.29, 0.717) is 17.1 Å². The Morgan fingerprint density at radius 2 is 1.56 bits per heavy atom. The Hall–Kier alpha value is -2.58. The Kier molecular flexibility index (Phi) is 5.66. The highest BCUT2D eigenvalue weighted by Gasteiger charge is 2.15. The number of ether oxygens (including phenoxy) is 2. The molecule has 0 aromatic heterocycles. The third kappa shape index (κ3) is 4.71. The molecular formula is C17H20N2O5S. The zero-order chi connectivity index (χ0) is 18.6. The summed E-state index contributed by atoms with van der Waals surface area (Å²) in [6, 6.07) is 10.6. The summed E-state index contributed by atoms with van der Waals surface area (Å²) in [6.07, 6.45) is 0. The average molecular weight is 364 g/mol. The van der Waals surface area contributed by atoms with Gasteiger partial charge in [0.15, 0.2) is 0 Å². The molecule has 0 spiro atoms. The number of carbonyl (C=O) groups is 1. The second kappa shape index (κ2) is 7.54. The summed E-state index contributed by atoms with van der Waals surface area (Å²) in [6.45, 7) is 1.79. The van der Waals surface area contributed by atoms with E-state index in [2.05, 4.69) is 5.32 Å². The highest BCUT2D eigenvalue weighted by atomic mass is 32.2. The number of sulfonamides is 1. The Morgan fingerprint density at radius 1 is 1.04 bits per heavy atom. The molecule has 0 fully saturated rings. The number of amides is 1. The van der Waals surface area contributed by atoms with Crippen molar-refractivity contribution in [1.29, 1.82) is 0 Å². The molecule has 0 bridgehead atoms. The first-order valence-corrected chi connectivity index (χ1v) is 8.96. The first-order valence-electron chi connectivity index (χ1n) is 7.41. The van der Waals surface area contributed by atoms with Gasteiger partial charge >= 0.3 is 0 Å². The molecule has 0 aliphatic heterocycles. The zero-order valence-corrected chi connectivity index (χ0v) is 15.0. The van der Waals surface area contributed by atoms with Crippen LogP contribution in [0.15, 0.2) is 47.4 Å². The van der Waals surface area contributed by atoms with Crippen molar-refractivity contribution in [1.82, 2.24) is 5.32 Å². The number of rotatable bonds is 6. The third-order valence-electron chi connectivity index (χ3n) is 3.67. The van der Waals surface area contributed by atoms with Gasteiger partial charge < -0.3 is 14.8 Å². The first kappa shape index (κ1) is 18.8. The van der Waals surface area contributed by atoms with E-state index >= 15 is 0 Å². The van der Waals surface area contributed by atoms with Crippen molar-refractivity contribution < 1.29 is 22.7 Å². The predicted octanol–water partition coefficient (Wildman–Crippen LogP) is 1.84. The summed E-state index contributed by atoms with van der Waals surface area (Å²) in [5.41, 5.74) is 1.14. The van der Waals surface area contributed by atoms with Crippen molar-refractivity contribution in [3.05, 3.63) is 53.6 Å². The van der Waals surface area contributed by atoms with Crippen molar-refractivity contribution in [2.45, 2.75) is 17.9 Å². The molecule has 2 rings (SSSR count). The molecule has 2 aromatic rings. The maximum atomic E-state index is 12.5. The lowest BCUT2D eigenvalue weighted by Crippen LogP contribution is -2.26. The average Bonchev–Trinajstić information content (AvgIpc) is 2.60. The van der Waals surface area contributed by atoms with Crippen molar-refractivity contribution in [3.8, 4) is 11.5 Å². The van der Waals surface area contributed by atoms with E-state index in [1.165, 1.54) is 26.4 Å². The number of nitrogens with one attached hydrogen (secondary N) is 1. The summed E-state index contributed by atoms with van der Waals surface area (Å²) in [5.74, 6) is 0.713. The summed E-state index contributed by atoms with van der Waals surface area (Å²) >= 11 is 0. The quantitative estimate of drug-likeness (QED) is 0.813. The van der Waals surface area contributed by atoms with Gasteiger partial charge in [-0.3, -0.25) is 4.79 Å². The largest absolute Gasteiger partial charge is 0.497 e. The molecule has 0 unspecified atom stereocenters. The van der Waals surface area contributed by atoms with Crippen LogP contribution in [-0.4, -0.2) is 28.5 Å². The minimum Gasteiger partial charge on any atom is -0.497 e. The highest BCUT2D eigenvalue weighted by molar-refractivity contribution is 7.89. The van der Waals surface area contributed by atoms with Crippen LogP contribution in [0.4, 0.5) is 0 Å². The number of methoxy groups -OCH3 is 2. The number of hydrogen-bond acceptors (Lipinski definition) is 5. The van der Waals surface area contributed by atoms with Crippen LogP contribution in [0.2, 0.25) is 0 Å². The van der Waals surface area contributed by atoms with E-state index in [-0.39, 0.29) is 16.8 Å². The number of nitrogens with two attached hydrogens (primary N) is 1. The fraction of sp³-hybridized carbons (Fsp3) is 0.235. The topological polar surface area (TPSA) is 108 Å². The van der Waals surface area contributed by atoms with Gasteiger partial charge in [0.05, 0.1) is 25.2 Å². The van der Waals surface area contributed by atoms with Crippen LogP contribution in [-0.2, 0) is 10.0 Å². The number of hydrogen-bond donors (Lipinski definition) is 2. The van der Waals surface area contributed by atoms with Crippen LogP contribution in [0.25, 0.3) is 0 Å². The van der Waals surface area contributed by atoms with Crippen molar-refractivity contribution in [2.75, 3.05) is 14.2 Å². The standard InChI is InChI=1S/C17H20N2O5S/c1-11(12-4-6-16(7-5-12)25(18,21)22)19-17(20)13-8-14(23-2)10-15(9-13)24-3/h4-11H,1-3H3,(H,19,20)(H2,18,21,22)/t11-/m1/s1. The highest BCUT2D eigenvalue weighted by Crippen LogP contribution is 2.23. The Balaban J connectivity index is 2.17. The molecule has 3 N–H and O–H groups in total. The molecule has 0 aliphatic carbocycles. The van der Waals surface area contributed by atoms with Crippen molar-refractivity contribution in [2.24, 2.45) is 5.14 Å². The molecule has 1 amide bonds. The molecule has 0 radical (unpaired) electrons. The third-order valence-corrected chi connectivity index (χ3v) is 4.60. The van der Waals surface area contributed by atoms with Crippen LogP contribution >= 0.6 is 0 Å². The van der Waals surface area contributed by atoms with E-state index < -0.39 is 10.0 Å². The maximum Gasteiger partial charge on any atom is 0.252 e. The second-order valence-electron chi connectivity index (χ2n) is 5.41. The van der Waals surface area contributed by atoms with E-state index in [1.54, 1.807) is 37.3 Å². The molecule has 0 heterocycles. The molecule has 1 atom stereocenters. The SMILES string of the molecule is COc1cc(OC)cc(C(=O)N[C@H](C)c2ccc(S(N)(=O)=O)cc2)c1. The number of primary sulfonamides is 1. The van der Waals surface area contributed by atoms with Gasteiger partial charge in [0.1, 0.15) is 11.5 Å². The normalized spacial score (nSPS) is 12.3. The molecule has 0 aliphatic rings. The Labute approximate surface area is 146 Å². The maximum absolute atomic E-state index is 12.5. The lowest BCUT2D eigenvalue weighted by molar-refractivity contribution is 0.0939. The van der Waals surface area contributed by atoms with Gasteiger partial charge in [0, 0.05) is 11.6 Å².